The van der Waals surface area contributed by atoms with Gasteiger partial charge in [0, 0.05) is 30.3 Å². The van der Waals surface area contributed by atoms with E-state index in [1.54, 1.807) is 32.0 Å². The van der Waals surface area contributed by atoms with Gasteiger partial charge in [0.05, 0.1) is 10.6 Å². The van der Waals surface area contributed by atoms with Gasteiger partial charge in [-0.2, -0.15) is 5.10 Å². The molecule has 2 aromatic carbocycles. The number of rotatable bonds is 10. The summed E-state index contributed by atoms with van der Waals surface area (Å²) in [6.45, 7) is 8.22. The summed E-state index contributed by atoms with van der Waals surface area (Å²) < 4.78 is 36.5. The first-order chi connectivity index (χ1) is 19.2. The Morgan fingerprint density at radius 3 is 2.38 bits per heavy atom. The number of hydrogen-bond acceptors (Lipinski definition) is 7. The SMILES string of the molecule is CCCCc1nc(-c2ccc(C)nn2)cn1Cc1ccc(-c2ccccc2S(=O)(=O)Nc2noc(C)c2C)cc1. The number of aromatic nitrogens is 5. The van der Waals surface area contributed by atoms with Gasteiger partial charge in [0.15, 0.2) is 5.82 Å². The van der Waals surface area contributed by atoms with Crippen LogP contribution in [0.3, 0.4) is 0 Å². The zero-order valence-electron chi connectivity index (χ0n) is 23.0. The summed E-state index contributed by atoms with van der Waals surface area (Å²) in [5, 5.41) is 12.3. The summed E-state index contributed by atoms with van der Waals surface area (Å²) in [5.41, 5.74) is 5.55. The highest BCUT2D eigenvalue weighted by Gasteiger charge is 2.22. The van der Waals surface area contributed by atoms with Gasteiger partial charge in [0.2, 0.25) is 0 Å². The van der Waals surface area contributed by atoms with E-state index in [9.17, 15) is 8.42 Å². The normalized spacial score (nSPS) is 11.6. The summed E-state index contributed by atoms with van der Waals surface area (Å²) in [6.07, 6.45) is 5.02. The van der Waals surface area contributed by atoms with E-state index in [4.69, 9.17) is 9.51 Å². The van der Waals surface area contributed by atoms with Crippen molar-refractivity contribution in [1.82, 2.24) is 24.9 Å². The van der Waals surface area contributed by atoms with Crippen LogP contribution >= 0.6 is 0 Å². The number of sulfonamides is 1. The van der Waals surface area contributed by atoms with E-state index in [0.29, 0.717) is 23.4 Å². The van der Waals surface area contributed by atoms with Crippen LogP contribution in [-0.4, -0.2) is 33.3 Å². The molecule has 5 rings (SSSR count). The van der Waals surface area contributed by atoms with E-state index in [2.05, 4.69) is 31.6 Å². The van der Waals surface area contributed by atoms with Crippen LogP contribution in [0.15, 0.2) is 76.3 Å². The lowest BCUT2D eigenvalue weighted by Crippen LogP contribution is -2.15. The van der Waals surface area contributed by atoms with Gasteiger partial charge in [0.25, 0.3) is 10.0 Å². The molecule has 206 valence electrons. The molecule has 0 bridgehead atoms. The maximum atomic E-state index is 13.3. The fourth-order valence-corrected chi connectivity index (χ4v) is 5.69. The molecule has 3 aromatic heterocycles. The van der Waals surface area contributed by atoms with Gasteiger partial charge < -0.3 is 9.09 Å². The number of unbranched alkanes of at least 4 members (excludes halogenated alkanes) is 1. The van der Waals surface area contributed by atoms with Crippen molar-refractivity contribution in [2.75, 3.05) is 4.72 Å². The fourth-order valence-electron chi connectivity index (χ4n) is 4.41. The summed E-state index contributed by atoms with van der Waals surface area (Å²) in [7, 11) is -3.90. The predicted octanol–water partition coefficient (Wildman–Crippen LogP) is 6.11. The molecule has 10 heteroatoms. The lowest BCUT2D eigenvalue weighted by molar-refractivity contribution is 0.399. The van der Waals surface area contributed by atoms with Gasteiger partial charge >= 0.3 is 0 Å². The number of anilines is 1. The number of nitrogens with zero attached hydrogens (tertiary/aromatic N) is 5. The summed E-state index contributed by atoms with van der Waals surface area (Å²) in [6, 6.07) is 18.8. The second-order valence-electron chi connectivity index (χ2n) is 9.84. The smallest absolute Gasteiger partial charge is 0.263 e. The van der Waals surface area contributed by atoms with Crippen molar-refractivity contribution in [2.45, 2.75) is 58.4 Å². The van der Waals surface area contributed by atoms with E-state index in [1.807, 2.05) is 55.6 Å². The van der Waals surface area contributed by atoms with Crippen LogP contribution in [0.1, 0.15) is 48.2 Å². The highest BCUT2D eigenvalue weighted by atomic mass is 32.2. The third-order valence-corrected chi connectivity index (χ3v) is 8.25. The third kappa shape index (κ3) is 5.81. The van der Waals surface area contributed by atoms with Crippen LogP contribution in [0.4, 0.5) is 5.82 Å². The molecule has 0 amide bonds. The van der Waals surface area contributed by atoms with E-state index >= 15 is 0 Å². The molecule has 0 fully saturated rings. The first-order valence-corrected chi connectivity index (χ1v) is 14.7. The zero-order chi connectivity index (χ0) is 28.3. The molecule has 5 aromatic rings. The van der Waals surface area contributed by atoms with Crippen molar-refractivity contribution in [1.29, 1.82) is 0 Å². The maximum absolute atomic E-state index is 13.3. The second-order valence-corrected chi connectivity index (χ2v) is 11.5. The van der Waals surface area contributed by atoms with E-state index in [1.165, 1.54) is 0 Å². The molecule has 0 spiro atoms. The molecule has 0 atom stereocenters. The van der Waals surface area contributed by atoms with Crippen molar-refractivity contribution in [3.05, 3.63) is 95.3 Å². The summed E-state index contributed by atoms with van der Waals surface area (Å²) >= 11 is 0. The highest BCUT2D eigenvalue weighted by molar-refractivity contribution is 7.92. The quantitative estimate of drug-likeness (QED) is 0.221. The van der Waals surface area contributed by atoms with Crippen LogP contribution < -0.4 is 4.72 Å². The highest BCUT2D eigenvalue weighted by Crippen LogP contribution is 2.30. The molecule has 40 heavy (non-hydrogen) atoms. The molecule has 0 saturated heterocycles. The predicted molar refractivity (Wildman–Crippen MR) is 154 cm³/mol. The van der Waals surface area contributed by atoms with Gasteiger partial charge in [0.1, 0.15) is 23.0 Å². The van der Waals surface area contributed by atoms with Gasteiger partial charge in [-0.05, 0) is 56.5 Å². The van der Waals surface area contributed by atoms with Crippen LogP contribution in [0.5, 0.6) is 0 Å². The number of aryl methyl sites for hydroxylation is 3. The number of hydrogen-bond donors (Lipinski definition) is 1. The Hall–Kier alpha value is -4.31. The Morgan fingerprint density at radius 1 is 0.925 bits per heavy atom. The average molecular weight is 557 g/mol. The minimum atomic E-state index is -3.90. The van der Waals surface area contributed by atoms with Gasteiger partial charge in [-0.3, -0.25) is 4.72 Å². The van der Waals surface area contributed by atoms with Crippen molar-refractivity contribution >= 4 is 15.8 Å². The molecular formula is C30H32N6O3S. The maximum Gasteiger partial charge on any atom is 0.263 e. The van der Waals surface area contributed by atoms with Crippen LogP contribution in [0, 0.1) is 20.8 Å². The van der Waals surface area contributed by atoms with E-state index in [0.717, 1.165) is 53.3 Å². The third-order valence-electron chi connectivity index (χ3n) is 6.86. The summed E-state index contributed by atoms with van der Waals surface area (Å²) in [5.74, 6) is 1.76. The van der Waals surface area contributed by atoms with E-state index < -0.39 is 10.0 Å². The van der Waals surface area contributed by atoms with Crippen LogP contribution in [0.25, 0.3) is 22.5 Å². The second kappa shape index (κ2) is 11.4. The molecule has 9 nitrogen and oxygen atoms in total. The molecule has 0 unspecified atom stereocenters. The van der Waals surface area contributed by atoms with Crippen LogP contribution in [0.2, 0.25) is 0 Å². The fraction of sp³-hybridized carbons (Fsp3) is 0.267. The standard InChI is InChI=1S/C30H32N6O3S/c1-5-6-11-29-31-27(26-17-12-20(2)32-33-26)19-36(29)18-23-13-15-24(16-14-23)25-9-7-8-10-28(25)40(37,38)35-30-21(3)22(4)39-34-30/h7-10,12-17,19H,5-6,11,18H2,1-4H3,(H,34,35). The van der Waals surface area contributed by atoms with E-state index in [-0.39, 0.29) is 10.7 Å². The van der Waals surface area contributed by atoms with Gasteiger partial charge in [-0.15, -0.1) is 5.10 Å². The average Bonchev–Trinajstić information content (AvgIpc) is 3.50. The summed E-state index contributed by atoms with van der Waals surface area (Å²) in [4.78, 5) is 5.03. The number of benzene rings is 2. The first kappa shape index (κ1) is 27.3. The van der Waals surface area contributed by atoms with Crippen LogP contribution in [-0.2, 0) is 23.0 Å². The number of nitrogens with one attached hydrogen (secondary N) is 1. The Kier molecular flexibility index (Phi) is 7.79. The topological polar surface area (TPSA) is 116 Å². The zero-order valence-corrected chi connectivity index (χ0v) is 23.9. The number of imidazole rings is 1. The molecule has 0 aliphatic rings. The molecule has 0 aliphatic carbocycles. The lowest BCUT2D eigenvalue weighted by atomic mass is 10.0. The Morgan fingerprint density at radius 2 is 1.70 bits per heavy atom. The monoisotopic (exact) mass is 556 g/mol. The Bertz CT molecular complexity index is 1720. The van der Waals surface area contributed by atoms with Crippen molar-refractivity contribution in [3.63, 3.8) is 0 Å². The minimum absolute atomic E-state index is 0.170. The lowest BCUT2D eigenvalue weighted by Gasteiger charge is -2.13. The first-order valence-electron chi connectivity index (χ1n) is 13.3. The molecule has 1 N–H and O–H groups in total. The van der Waals surface area contributed by atoms with Crippen molar-refractivity contribution < 1.29 is 12.9 Å². The molecular weight excluding hydrogens is 524 g/mol. The molecule has 0 radical (unpaired) electrons. The van der Waals surface area contributed by atoms with Gasteiger partial charge in [-0.25, -0.2) is 13.4 Å². The molecule has 0 saturated carbocycles. The van der Waals surface area contributed by atoms with Crippen molar-refractivity contribution in [2.24, 2.45) is 0 Å². The van der Waals surface area contributed by atoms with Crippen molar-refractivity contribution in [3.8, 4) is 22.5 Å². The largest absolute Gasteiger partial charge is 0.359 e. The minimum Gasteiger partial charge on any atom is -0.359 e. The Labute approximate surface area is 234 Å². The molecule has 0 aliphatic heterocycles. The Balaban J connectivity index is 1.41. The molecule has 3 heterocycles. The van der Waals surface area contributed by atoms with Gasteiger partial charge in [-0.1, -0.05) is 61.0 Å².